The zero-order chi connectivity index (χ0) is 8.10. The topological polar surface area (TPSA) is 47.6 Å². The average Bonchev–Trinajstić information content (AvgIpc) is 1.94. The summed E-state index contributed by atoms with van der Waals surface area (Å²) in [5, 5.41) is 2.98. The van der Waals surface area contributed by atoms with Gasteiger partial charge in [0.25, 0.3) is 0 Å². The van der Waals surface area contributed by atoms with Gasteiger partial charge in [0, 0.05) is 12.5 Å². The second-order valence-corrected chi connectivity index (χ2v) is 2.61. The SMILES string of the molecule is COC(=O)CNCC1COC1. The molecule has 0 bridgehead atoms. The summed E-state index contributed by atoms with van der Waals surface area (Å²) in [5.41, 5.74) is 0. The first kappa shape index (κ1) is 8.49. The minimum atomic E-state index is -0.217. The molecule has 0 aromatic rings. The van der Waals surface area contributed by atoms with Gasteiger partial charge in [0.15, 0.2) is 0 Å². The molecule has 0 aromatic carbocycles. The van der Waals surface area contributed by atoms with Crippen LogP contribution in [0.25, 0.3) is 0 Å². The zero-order valence-corrected chi connectivity index (χ0v) is 6.63. The van der Waals surface area contributed by atoms with E-state index in [0.717, 1.165) is 19.8 Å². The van der Waals surface area contributed by atoms with Crippen molar-refractivity contribution in [1.29, 1.82) is 0 Å². The molecular formula is C7H13NO3. The van der Waals surface area contributed by atoms with E-state index in [1.165, 1.54) is 7.11 Å². The second kappa shape index (κ2) is 4.31. The zero-order valence-electron chi connectivity index (χ0n) is 6.63. The number of carbonyl (C=O) groups is 1. The van der Waals surface area contributed by atoms with Crippen LogP contribution < -0.4 is 5.32 Å². The van der Waals surface area contributed by atoms with E-state index < -0.39 is 0 Å². The summed E-state index contributed by atoms with van der Waals surface area (Å²) in [5.74, 6) is 0.366. The van der Waals surface area contributed by atoms with E-state index in [2.05, 4.69) is 10.1 Å². The molecule has 0 amide bonds. The average molecular weight is 159 g/mol. The van der Waals surface area contributed by atoms with E-state index in [1.54, 1.807) is 0 Å². The molecule has 0 spiro atoms. The van der Waals surface area contributed by atoms with Crippen molar-refractivity contribution in [3.8, 4) is 0 Å². The van der Waals surface area contributed by atoms with E-state index in [-0.39, 0.29) is 5.97 Å². The molecule has 1 N–H and O–H groups in total. The highest BCUT2D eigenvalue weighted by molar-refractivity contribution is 5.71. The summed E-state index contributed by atoms with van der Waals surface area (Å²) < 4.78 is 9.41. The van der Waals surface area contributed by atoms with Crippen LogP contribution in [0.4, 0.5) is 0 Å². The molecular weight excluding hydrogens is 146 g/mol. The van der Waals surface area contributed by atoms with Crippen molar-refractivity contribution >= 4 is 5.97 Å². The molecule has 0 aliphatic carbocycles. The fourth-order valence-corrected chi connectivity index (χ4v) is 0.853. The van der Waals surface area contributed by atoms with Gasteiger partial charge in [0.05, 0.1) is 26.9 Å². The van der Waals surface area contributed by atoms with Gasteiger partial charge in [-0.1, -0.05) is 0 Å². The van der Waals surface area contributed by atoms with E-state index in [1.807, 2.05) is 0 Å². The van der Waals surface area contributed by atoms with Crippen molar-refractivity contribution in [2.45, 2.75) is 0 Å². The number of methoxy groups -OCH3 is 1. The van der Waals surface area contributed by atoms with Gasteiger partial charge in [0.2, 0.25) is 0 Å². The highest BCUT2D eigenvalue weighted by atomic mass is 16.5. The van der Waals surface area contributed by atoms with Crippen LogP contribution in [0.2, 0.25) is 0 Å². The number of nitrogens with one attached hydrogen (secondary N) is 1. The largest absolute Gasteiger partial charge is 0.468 e. The Morgan fingerprint density at radius 1 is 1.73 bits per heavy atom. The Morgan fingerprint density at radius 3 is 2.91 bits per heavy atom. The van der Waals surface area contributed by atoms with Crippen LogP contribution in [0.3, 0.4) is 0 Å². The number of rotatable bonds is 4. The summed E-state index contributed by atoms with van der Waals surface area (Å²) in [6.07, 6.45) is 0. The molecule has 1 rings (SSSR count). The van der Waals surface area contributed by atoms with Crippen molar-refractivity contribution in [2.75, 3.05) is 33.4 Å². The van der Waals surface area contributed by atoms with Crippen molar-refractivity contribution in [1.82, 2.24) is 5.32 Å². The lowest BCUT2D eigenvalue weighted by molar-refractivity contribution is -0.139. The van der Waals surface area contributed by atoms with Crippen molar-refractivity contribution in [2.24, 2.45) is 5.92 Å². The Balaban J connectivity index is 1.90. The summed E-state index contributed by atoms with van der Waals surface area (Å²) in [6, 6.07) is 0. The fourth-order valence-electron chi connectivity index (χ4n) is 0.853. The maximum atomic E-state index is 10.6. The van der Waals surface area contributed by atoms with Crippen molar-refractivity contribution < 1.29 is 14.3 Å². The third-order valence-electron chi connectivity index (χ3n) is 1.64. The first-order chi connectivity index (χ1) is 5.33. The molecule has 1 aliphatic heterocycles. The number of carbonyl (C=O) groups excluding carboxylic acids is 1. The molecule has 11 heavy (non-hydrogen) atoms. The van der Waals surface area contributed by atoms with E-state index in [0.29, 0.717) is 12.5 Å². The Hall–Kier alpha value is -0.610. The van der Waals surface area contributed by atoms with Gasteiger partial charge in [0.1, 0.15) is 0 Å². The lowest BCUT2D eigenvalue weighted by Crippen LogP contribution is -2.38. The third kappa shape index (κ3) is 2.86. The lowest BCUT2D eigenvalue weighted by atomic mass is 10.1. The molecule has 1 aliphatic rings. The Kier molecular flexibility index (Phi) is 3.32. The third-order valence-corrected chi connectivity index (χ3v) is 1.64. The normalized spacial score (nSPS) is 17.5. The monoisotopic (exact) mass is 159 g/mol. The highest BCUT2D eigenvalue weighted by Crippen LogP contribution is 2.07. The first-order valence-electron chi connectivity index (χ1n) is 3.68. The Morgan fingerprint density at radius 2 is 2.45 bits per heavy atom. The van der Waals surface area contributed by atoms with E-state index in [4.69, 9.17) is 4.74 Å². The van der Waals surface area contributed by atoms with Gasteiger partial charge in [-0.25, -0.2) is 0 Å². The van der Waals surface area contributed by atoms with Crippen LogP contribution in [0.15, 0.2) is 0 Å². The smallest absolute Gasteiger partial charge is 0.319 e. The molecule has 0 aromatic heterocycles. The molecule has 1 fully saturated rings. The maximum Gasteiger partial charge on any atom is 0.319 e. The van der Waals surface area contributed by atoms with E-state index in [9.17, 15) is 4.79 Å². The predicted molar refractivity (Wildman–Crippen MR) is 39.2 cm³/mol. The number of hydrogen-bond donors (Lipinski definition) is 1. The summed E-state index contributed by atoms with van der Waals surface area (Å²) >= 11 is 0. The fraction of sp³-hybridized carbons (Fsp3) is 0.857. The Bertz CT molecular complexity index is 134. The van der Waals surface area contributed by atoms with Gasteiger partial charge in [-0.2, -0.15) is 0 Å². The van der Waals surface area contributed by atoms with Crippen LogP contribution >= 0.6 is 0 Å². The number of ether oxygens (including phenoxy) is 2. The quantitative estimate of drug-likeness (QED) is 0.556. The second-order valence-electron chi connectivity index (χ2n) is 2.61. The molecule has 1 saturated heterocycles. The molecule has 0 atom stereocenters. The molecule has 4 nitrogen and oxygen atoms in total. The van der Waals surface area contributed by atoms with Crippen LogP contribution in [-0.2, 0) is 14.3 Å². The van der Waals surface area contributed by atoms with Crippen LogP contribution in [-0.4, -0.2) is 39.4 Å². The van der Waals surface area contributed by atoms with Crippen LogP contribution in [0.1, 0.15) is 0 Å². The number of hydrogen-bond acceptors (Lipinski definition) is 4. The molecule has 64 valence electrons. The van der Waals surface area contributed by atoms with Gasteiger partial charge in [-0.3, -0.25) is 4.79 Å². The molecule has 0 saturated carbocycles. The van der Waals surface area contributed by atoms with Gasteiger partial charge in [-0.15, -0.1) is 0 Å². The summed E-state index contributed by atoms with van der Waals surface area (Å²) in [4.78, 5) is 10.6. The molecule has 4 heteroatoms. The predicted octanol–water partition coefficient (Wildman–Crippen LogP) is -0.605. The minimum absolute atomic E-state index is 0.217. The van der Waals surface area contributed by atoms with Gasteiger partial charge < -0.3 is 14.8 Å². The standard InChI is InChI=1S/C7H13NO3/c1-10-7(9)3-8-2-6-4-11-5-6/h6,8H,2-5H2,1H3. The number of esters is 1. The molecule has 0 unspecified atom stereocenters. The maximum absolute atomic E-state index is 10.6. The molecule has 0 radical (unpaired) electrons. The van der Waals surface area contributed by atoms with Crippen LogP contribution in [0.5, 0.6) is 0 Å². The summed E-state index contributed by atoms with van der Waals surface area (Å²) in [6.45, 7) is 2.77. The first-order valence-corrected chi connectivity index (χ1v) is 3.68. The Labute approximate surface area is 65.9 Å². The van der Waals surface area contributed by atoms with Crippen molar-refractivity contribution in [3.05, 3.63) is 0 Å². The van der Waals surface area contributed by atoms with Crippen LogP contribution in [0, 0.1) is 5.92 Å². The lowest BCUT2D eigenvalue weighted by Gasteiger charge is -2.25. The molecule has 1 heterocycles. The summed E-state index contributed by atoms with van der Waals surface area (Å²) in [7, 11) is 1.39. The van der Waals surface area contributed by atoms with Gasteiger partial charge in [-0.05, 0) is 0 Å². The highest BCUT2D eigenvalue weighted by Gasteiger charge is 2.17. The van der Waals surface area contributed by atoms with Gasteiger partial charge >= 0.3 is 5.97 Å². The minimum Gasteiger partial charge on any atom is -0.468 e. The van der Waals surface area contributed by atoms with E-state index >= 15 is 0 Å². The van der Waals surface area contributed by atoms with Crippen molar-refractivity contribution in [3.63, 3.8) is 0 Å².